The Morgan fingerprint density at radius 1 is 0.731 bits per heavy atom. The molecule has 3 rings (SSSR count). The van der Waals surface area contributed by atoms with Gasteiger partial charge in [-0.3, -0.25) is 4.79 Å². The van der Waals surface area contributed by atoms with Crippen LogP contribution in [0.15, 0.2) is 60.2 Å². The van der Waals surface area contributed by atoms with Gasteiger partial charge in [0, 0.05) is 6.42 Å². The molecule has 7 nitrogen and oxygen atoms in total. The summed E-state index contributed by atoms with van der Waals surface area (Å²) < 4.78 is 0. The molecular weight excluding hydrogens is 340 g/mol. The van der Waals surface area contributed by atoms with Crippen molar-refractivity contribution in [2.24, 2.45) is 0 Å². The first kappa shape index (κ1) is 18.6. The average molecular weight is 354 g/mol. The van der Waals surface area contributed by atoms with Crippen LogP contribution in [-0.4, -0.2) is 39.0 Å². The molecule has 0 radical (unpaired) electrons. The lowest BCUT2D eigenvalue weighted by atomic mass is 10.0. The first-order chi connectivity index (χ1) is 12.3. The van der Waals surface area contributed by atoms with Gasteiger partial charge in [-0.1, -0.05) is 30.3 Å². The fraction of sp³-hybridized carbons (Fsp3) is 0.0526. The molecule has 132 valence electrons. The second-order valence-corrected chi connectivity index (χ2v) is 5.28. The predicted octanol–water partition coefficient (Wildman–Crippen LogP) is 2.76. The largest absolute Gasteiger partial charge is 0.478 e. The predicted molar refractivity (Wildman–Crippen MR) is 92.3 cm³/mol. The van der Waals surface area contributed by atoms with E-state index in [4.69, 9.17) is 15.3 Å². The van der Waals surface area contributed by atoms with E-state index in [2.05, 4.69) is 0 Å². The van der Waals surface area contributed by atoms with E-state index in [1.807, 2.05) is 0 Å². The van der Waals surface area contributed by atoms with Crippen molar-refractivity contribution >= 4 is 34.5 Å². The van der Waals surface area contributed by atoms with Gasteiger partial charge in [0.1, 0.15) is 0 Å². The summed E-state index contributed by atoms with van der Waals surface area (Å²) >= 11 is 0. The molecule has 1 aliphatic rings. The Balaban J connectivity index is 0.000000209. The minimum absolute atomic E-state index is 0.0509. The minimum atomic E-state index is -1.06. The van der Waals surface area contributed by atoms with Gasteiger partial charge in [0.25, 0.3) is 0 Å². The number of aromatic carboxylic acids is 2. The van der Waals surface area contributed by atoms with Crippen LogP contribution in [0, 0.1) is 0 Å². The molecule has 2 aromatic carbocycles. The van der Waals surface area contributed by atoms with E-state index < -0.39 is 17.9 Å². The van der Waals surface area contributed by atoms with E-state index in [-0.39, 0.29) is 28.9 Å². The molecule has 26 heavy (non-hydrogen) atoms. The molecule has 2 aromatic rings. The molecule has 3 N–H and O–H groups in total. The molecule has 0 spiro atoms. The maximum absolute atomic E-state index is 10.9. The lowest BCUT2D eigenvalue weighted by Gasteiger charge is -2.04. The van der Waals surface area contributed by atoms with Crippen LogP contribution in [0.2, 0.25) is 0 Å². The van der Waals surface area contributed by atoms with Crippen LogP contribution in [0.4, 0.5) is 0 Å². The Kier molecular flexibility index (Phi) is 5.64. The van der Waals surface area contributed by atoms with Gasteiger partial charge in [-0.05, 0) is 35.1 Å². The van der Waals surface area contributed by atoms with Gasteiger partial charge in [-0.25, -0.2) is 14.4 Å². The van der Waals surface area contributed by atoms with E-state index in [0.29, 0.717) is 10.8 Å². The van der Waals surface area contributed by atoms with E-state index in [9.17, 15) is 19.2 Å². The van der Waals surface area contributed by atoms with Crippen molar-refractivity contribution in [3.05, 3.63) is 71.3 Å². The van der Waals surface area contributed by atoms with Crippen molar-refractivity contribution in [3.63, 3.8) is 0 Å². The minimum Gasteiger partial charge on any atom is -0.478 e. The summed E-state index contributed by atoms with van der Waals surface area (Å²) in [5.41, 5.74) is 0.417. The Bertz CT molecular complexity index is 914. The number of aliphatic carboxylic acids is 1. The Hall–Kier alpha value is -3.74. The number of hydrogen-bond donors (Lipinski definition) is 3. The zero-order valence-corrected chi connectivity index (χ0v) is 13.4. The molecular formula is C19H14O7. The summed E-state index contributed by atoms with van der Waals surface area (Å²) in [7, 11) is 0. The maximum Gasteiger partial charge on any atom is 0.336 e. The number of fused-ring (bicyclic) bond motifs is 1. The Labute approximate surface area is 147 Å². The number of carboxylic acid groups (broad SMARTS) is 3. The summed E-state index contributed by atoms with van der Waals surface area (Å²) in [4.78, 5) is 42.6. The van der Waals surface area contributed by atoms with Crippen LogP contribution in [0.3, 0.4) is 0 Å². The van der Waals surface area contributed by atoms with Crippen LogP contribution in [0.25, 0.3) is 10.8 Å². The van der Waals surface area contributed by atoms with Crippen LogP contribution >= 0.6 is 0 Å². The summed E-state index contributed by atoms with van der Waals surface area (Å²) in [5, 5.41) is 27.2. The third kappa shape index (κ3) is 4.21. The molecule has 0 saturated heterocycles. The smallest absolute Gasteiger partial charge is 0.336 e. The summed E-state index contributed by atoms with van der Waals surface area (Å²) in [5.74, 6) is -3.16. The number of rotatable bonds is 3. The molecule has 7 heteroatoms. The number of ketones is 1. The Morgan fingerprint density at radius 2 is 1.23 bits per heavy atom. The standard InChI is InChI=1S/C12H8O4.C7H6O3/c13-11(14)9-5-1-3-7-8(9)4-2-6-10(7)12(15)16;8-6-3-1-5(2-4-6)7(9)10/h1-6H,(H,13,14)(H,15,16);1-3H,4H2,(H,9,10). The molecule has 0 amide bonds. The first-order valence-corrected chi connectivity index (χ1v) is 7.44. The summed E-state index contributed by atoms with van der Waals surface area (Å²) in [6.45, 7) is 0. The molecule has 0 bridgehead atoms. The zero-order chi connectivity index (χ0) is 19.3. The summed E-state index contributed by atoms with van der Waals surface area (Å²) in [6.07, 6.45) is 4.21. The molecule has 0 saturated carbocycles. The molecule has 0 aliphatic heterocycles. The van der Waals surface area contributed by atoms with Gasteiger partial charge in [-0.15, -0.1) is 0 Å². The highest BCUT2D eigenvalue weighted by Gasteiger charge is 2.12. The normalized spacial score (nSPS) is 12.8. The van der Waals surface area contributed by atoms with Crippen molar-refractivity contribution in [3.8, 4) is 0 Å². The van der Waals surface area contributed by atoms with E-state index in [1.54, 1.807) is 12.1 Å². The quantitative estimate of drug-likeness (QED) is 0.773. The van der Waals surface area contributed by atoms with Crippen molar-refractivity contribution in [1.82, 2.24) is 0 Å². The van der Waals surface area contributed by atoms with Gasteiger partial charge >= 0.3 is 17.9 Å². The lowest BCUT2D eigenvalue weighted by Crippen LogP contribution is -2.04. The van der Waals surface area contributed by atoms with Crippen molar-refractivity contribution in [2.75, 3.05) is 0 Å². The number of carboxylic acids is 3. The summed E-state index contributed by atoms with van der Waals surface area (Å²) in [6, 6.07) is 9.19. The van der Waals surface area contributed by atoms with Gasteiger partial charge in [0.05, 0.1) is 16.7 Å². The highest BCUT2D eigenvalue weighted by atomic mass is 16.4. The highest BCUT2D eigenvalue weighted by Crippen LogP contribution is 2.22. The van der Waals surface area contributed by atoms with Crippen LogP contribution in [0.5, 0.6) is 0 Å². The fourth-order valence-corrected chi connectivity index (χ4v) is 2.37. The van der Waals surface area contributed by atoms with E-state index in [0.717, 1.165) is 0 Å². The maximum atomic E-state index is 10.9. The zero-order valence-electron chi connectivity index (χ0n) is 13.4. The third-order valence-electron chi connectivity index (χ3n) is 3.60. The molecule has 0 unspecified atom stereocenters. The van der Waals surface area contributed by atoms with Crippen molar-refractivity contribution in [2.45, 2.75) is 6.42 Å². The second-order valence-electron chi connectivity index (χ2n) is 5.28. The monoisotopic (exact) mass is 354 g/mol. The number of benzene rings is 2. The van der Waals surface area contributed by atoms with Crippen molar-refractivity contribution in [1.29, 1.82) is 0 Å². The molecule has 0 fully saturated rings. The Morgan fingerprint density at radius 3 is 1.58 bits per heavy atom. The number of allylic oxidation sites excluding steroid dienone is 2. The first-order valence-electron chi connectivity index (χ1n) is 7.44. The lowest BCUT2D eigenvalue weighted by molar-refractivity contribution is -0.132. The van der Waals surface area contributed by atoms with Gasteiger partial charge in [-0.2, -0.15) is 0 Å². The second kappa shape index (κ2) is 7.89. The number of carbonyl (C=O) groups excluding carboxylic acids is 1. The highest BCUT2D eigenvalue weighted by molar-refractivity contribution is 6.10. The topological polar surface area (TPSA) is 129 Å². The van der Waals surface area contributed by atoms with E-state index >= 15 is 0 Å². The SMILES string of the molecule is O=C(O)c1cccc2c(C(=O)O)cccc12.O=C1C=CC(C(=O)O)=CC1. The van der Waals surface area contributed by atoms with Crippen LogP contribution in [-0.2, 0) is 9.59 Å². The van der Waals surface area contributed by atoms with Crippen molar-refractivity contribution < 1.29 is 34.5 Å². The van der Waals surface area contributed by atoms with Crippen LogP contribution in [0.1, 0.15) is 27.1 Å². The van der Waals surface area contributed by atoms with Gasteiger partial charge < -0.3 is 15.3 Å². The third-order valence-corrected chi connectivity index (χ3v) is 3.60. The molecule has 0 heterocycles. The number of hydrogen-bond acceptors (Lipinski definition) is 4. The van der Waals surface area contributed by atoms with Crippen LogP contribution < -0.4 is 0 Å². The fourth-order valence-electron chi connectivity index (χ4n) is 2.37. The molecule has 0 atom stereocenters. The van der Waals surface area contributed by atoms with E-state index in [1.165, 1.54) is 42.5 Å². The average Bonchev–Trinajstić information content (AvgIpc) is 2.61. The van der Waals surface area contributed by atoms with Gasteiger partial charge in [0.2, 0.25) is 0 Å². The molecule has 1 aliphatic carbocycles. The molecule has 0 aromatic heterocycles. The number of carbonyl (C=O) groups is 4. The van der Waals surface area contributed by atoms with Gasteiger partial charge in [0.15, 0.2) is 5.78 Å².